The number of carbonyl (C=O) groups is 1. The minimum Gasteiger partial charge on any atom is -0.334 e. The molecule has 0 aliphatic carbocycles. The van der Waals surface area contributed by atoms with Crippen LogP contribution in [0, 0.1) is 3.57 Å². The maximum atomic E-state index is 12.1. The van der Waals surface area contributed by atoms with Crippen LogP contribution in [0.4, 0.5) is 11.6 Å². The molecule has 1 amide bonds. The number of nitrogens with two attached hydrogens (primary N) is 1. The predicted octanol–water partition coefficient (Wildman–Crippen LogP) is 3.43. The van der Waals surface area contributed by atoms with Crippen molar-refractivity contribution in [2.75, 3.05) is 22.3 Å². The van der Waals surface area contributed by atoms with Crippen LogP contribution in [0.5, 0.6) is 0 Å². The highest BCUT2D eigenvalue weighted by atomic mass is 127. The van der Waals surface area contributed by atoms with Gasteiger partial charge in [0.1, 0.15) is 0 Å². The van der Waals surface area contributed by atoms with E-state index < -0.39 is 0 Å². The lowest BCUT2D eigenvalue weighted by Gasteiger charge is -2.05. The number of aromatic nitrogens is 3. The molecule has 1 heterocycles. The van der Waals surface area contributed by atoms with Crippen LogP contribution in [0.25, 0.3) is 0 Å². The van der Waals surface area contributed by atoms with Gasteiger partial charge in [-0.2, -0.15) is 5.10 Å². The number of hydrogen-bond acceptors (Lipinski definition) is 7. The third kappa shape index (κ3) is 5.84. The van der Waals surface area contributed by atoms with Gasteiger partial charge < -0.3 is 11.2 Å². The SMILES string of the molecule is Nn1c(N/N=C/c2cccc(Cl)c2)nnc1SCC(=O)Nc1ccc(I)cc1. The normalized spacial score (nSPS) is 10.9. The number of thioether (sulfide) groups is 1. The number of nitrogens with zero attached hydrogens (tertiary/aromatic N) is 4. The Bertz CT molecular complexity index is 993. The summed E-state index contributed by atoms with van der Waals surface area (Å²) in [5.74, 6) is 6.17. The molecule has 144 valence electrons. The second-order valence-electron chi connectivity index (χ2n) is 5.44. The number of hydrazone groups is 1. The molecule has 0 saturated carbocycles. The van der Waals surface area contributed by atoms with Crippen molar-refractivity contribution in [2.45, 2.75) is 5.16 Å². The maximum absolute atomic E-state index is 12.1. The predicted molar refractivity (Wildman–Crippen MR) is 121 cm³/mol. The largest absolute Gasteiger partial charge is 0.334 e. The Morgan fingerprint density at radius 2 is 2.07 bits per heavy atom. The summed E-state index contributed by atoms with van der Waals surface area (Å²) in [4.78, 5) is 12.1. The lowest BCUT2D eigenvalue weighted by atomic mass is 10.2. The van der Waals surface area contributed by atoms with Crippen molar-refractivity contribution in [1.82, 2.24) is 14.9 Å². The number of nitrogen functional groups attached to an aromatic ring is 1. The van der Waals surface area contributed by atoms with Gasteiger partial charge in [0.05, 0.1) is 12.0 Å². The molecule has 11 heteroatoms. The van der Waals surface area contributed by atoms with Gasteiger partial charge in [-0.15, -0.1) is 10.2 Å². The first-order valence-corrected chi connectivity index (χ1v) is 10.4. The van der Waals surface area contributed by atoms with Crippen LogP contribution in [-0.4, -0.2) is 32.7 Å². The van der Waals surface area contributed by atoms with Crippen molar-refractivity contribution in [3.05, 3.63) is 62.7 Å². The summed E-state index contributed by atoms with van der Waals surface area (Å²) in [7, 11) is 0. The van der Waals surface area contributed by atoms with Gasteiger partial charge in [-0.05, 0) is 64.6 Å². The van der Waals surface area contributed by atoms with E-state index in [0.717, 1.165) is 14.8 Å². The molecule has 3 rings (SSSR count). The van der Waals surface area contributed by atoms with E-state index in [9.17, 15) is 4.79 Å². The Morgan fingerprint density at radius 1 is 1.29 bits per heavy atom. The van der Waals surface area contributed by atoms with Crippen LogP contribution in [0.3, 0.4) is 0 Å². The van der Waals surface area contributed by atoms with Crippen LogP contribution in [0.15, 0.2) is 58.8 Å². The van der Waals surface area contributed by atoms with Crippen LogP contribution >= 0.6 is 46.0 Å². The topological polar surface area (TPSA) is 110 Å². The second-order valence-corrected chi connectivity index (χ2v) is 8.07. The number of benzene rings is 2. The highest BCUT2D eigenvalue weighted by Crippen LogP contribution is 2.18. The molecule has 0 aliphatic heterocycles. The summed E-state index contributed by atoms with van der Waals surface area (Å²) in [5, 5.41) is 15.8. The minimum atomic E-state index is -0.164. The molecule has 0 saturated heterocycles. The number of amides is 1. The first kappa shape index (κ1) is 20.4. The quantitative estimate of drug-likeness (QED) is 0.143. The molecule has 3 aromatic rings. The van der Waals surface area contributed by atoms with E-state index in [2.05, 4.69) is 48.6 Å². The molecular weight excluding hydrogens is 513 g/mol. The zero-order valence-corrected chi connectivity index (χ0v) is 18.1. The van der Waals surface area contributed by atoms with Crippen molar-refractivity contribution in [3.63, 3.8) is 0 Å². The first-order valence-electron chi connectivity index (χ1n) is 7.94. The van der Waals surface area contributed by atoms with Crippen molar-refractivity contribution in [1.29, 1.82) is 0 Å². The van der Waals surface area contributed by atoms with Gasteiger partial charge in [0.15, 0.2) is 0 Å². The van der Waals surface area contributed by atoms with Gasteiger partial charge in [-0.1, -0.05) is 35.5 Å². The highest BCUT2D eigenvalue weighted by molar-refractivity contribution is 14.1. The lowest BCUT2D eigenvalue weighted by molar-refractivity contribution is -0.113. The molecule has 28 heavy (non-hydrogen) atoms. The number of rotatable bonds is 7. The van der Waals surface area contributed by atoms with Gasteiger partial charge >= 0.3 is 0 Å². The Labute approximate surface area is 184 Å². The average molecular weight is 528 g/mol. The first-order chi connectivity index (χ1) is 13.5. The number of halogens is 2. The summed E-state index contributed by atoms with van der Waals surface area (Å²) < 4.78 is 2.33. The number of carbonyl (C=O) groups excluding carboxylic acids is 1. The molecule has 0 fully saturated rings. The minimum absolute atomic E-state index is 0.146. The van der Waals surface area contributed by atoms with Crippen LogP contribution in [0.2, 0.25) is 5.02 Å². The van der Waals surface area contributed by atoms with Gasteiger partial charge in [-0.3, -0.25) is 4.79 Å². The molecule has 0 bridgehead atoms. The van der Waals surface area contributed by atoms with Gasteiger partial charge in [-0.25, -0.2) is 10.1 Å². The number of nitrogens with one attached hydrogen (secondary N) is 2. The fourth-order valence-electron chi connectivity index (χ4n) is 2.06. The molecule has 8 nitrogen and oxygen atoms in total. The Hall–Kier alpha value is -2.31. The summed E-state index contributed by atoms with van der Waals surface area (Å²) in [6, 6.07) is 14.8. The van der Waals surface area contributed by atoms with Crippen molar-refractivity contribution >= 4 is 69.7 Å². The van der Waals surface area contributed by atoms with E-state index in [1.165, 1.54) is 16.4 Å². The summed E-state index contributed by atoms with van der Waals surface area (Å²) in [6.07, 6.45) is 1.59. The maximum Gasteiger partial charge on any atom is 0.264 e. The molecule has 2 aromatic carbocycles. The van der Waals surface area contributed by atoms with E-state index >= 15 is 0 Å². The summed E-state index contributed by atoms with van der Waals surface area (Å²) in [5.41, 5.74) is 4.27. The highest BCUT2D eigenvalue weighted by Gasteiger charge is 2.12. The molecule has 0 aliphatic rings. The lowest BCUT2D eigenvalue weighted by Crippen LogP contribution is -2.16. The average Bonchev–Trinajstić information content (AvgIpc) is 3.02. The van der Waals surface area contributed by atoms with Crippen LogP contribution in [0.1, 0.15) is 5.56 Å². The van der Waals surface area contributed by atoms with Gasteiger partial charge in [0.25, 0.3) is 5.95 Å². The number of hydrogen-bond donors (Lipinski definition) is 3. The molecule has 0 atom stereocenters. The van der Waals surface area contributed by atoms with Crippen molar-refractivity contribution in [3.8, 4) is 0 Å². The molecule has 0 spiro atoms. The van der Waals surface area contributed by atoms with Gasteiger partial charge in [0.2, 0.25) is 11.1 Å². The zero-order chi connectivity index (χ0) is 19.9. The third-order valence-electron chi connectivity index (χ3n) is 3.35. The summed E-state index contributed by atoms with van der Waals surface area (Å²) in [6.45, 7) is 0. The fraction of sp³-hybridized carbons (Fsp3) is 0.0588. The van der Waals surface area contributed by atoms with E-state index in [-0.39, 0.29) is 17.6 Å². The molecule has 0 unspecified atom stereocenters. The van der Waals surface area contributed by atoms with Crippen molar-refractivity contribution < 1.29 is 4.79 Å². The standard InChI is InChI=1S/C17H15ClIN7OS/c18-12-3-1-2-11(8-12)9-21-23-16-24-25-17(26(16)20)28-10-15(27)22-14-6-4-13(19)5-7-14/h1-9H,10,20H2,(H,22,27)(H,23,24)/b21-9+. The van der Waals surface area contributed by atoms with E-state index in [1.54, 1.807) is 18.3 Å². The molecule has 0 radical (unpaired) electrons. The number of anilines is 2. The Balaban J connectivity index is 1.52. The fourth-order valence-corrected chi connectivity index (χ4v) is 3.28. The molecule has 1 aromatic heterocycles. The van der Waals surface area contributed by atoms with Crippen LogP contribution < -0.4 is 16.6 Å². The van der Waals surface area contributed by atoms with Crippen molar-refractivity contribution in [2.24, 2.45) is 5.10 Å². The van der Waals surface area contributed by atoms with Crippen LogP contribution in [-0.2, 0) is 4.79 Å². The summed E-state index contributed by atoms with van der Waals surface area (Å²) >= 11 is 9.30. The zero-order valence-electron chi connectivity index (χ0n) is 14.3. The second kappa shape index (κ2) is 9.75. The van der Waals surface area contributed by atoms with E-state index in [1.807, 2.05) is 36.4 Å². The van der Waals surface area contributed by atoms with E-state index in [0.29, 0.717) is 10.2 Å². The Kier molecular flexibility index (Phi) is 7.12. The monoisotopic (exact) mass is 527 g/mol. The smallest absolute Gasteiger partial charge is 0.264 e. The van der Waals surface area contributed by atoms with E-state index in [4.69, 9.17) is 17.4 Å². The third-order valence-corrected chi connectivity index (χ3v) is 5.25. The molecular formula is C17H15ClIN7OS. The van der Waals surface area contributed by atoms with Gasteiger partial charge in [0, 0.05) is 14.3 Å². The molecule has 4 N–H and O–H groups in total. The Morgan fingerprint density at radius 3 is 2.82 bits per heavy atom.